The average Bonchev–Trinajstić information content (AvgIpc) is 2.80. The minimum atomic E-state index is -0.675. The Morgan fingerprint density at radius 3 is 2.31 bits per heavy atom. The van der Waals surface area contributed by atoms with Crippen molar-refractivity contribution in [1.82, 2.24) is 5.32 Å². The molecule has 1 amide bonds. The normalized spacial score (nSPS) is 13.0. The molecule has 35 heavy (non-hydrogen) atoms. The number of halogens is 2. The molecule has 0 heterocycles. The Hall–Kier alpha value is -3.74. The van der Waals surface area contributed by atoms with Crippen LogP contribution in [-0.2, 0) is 4.79 Å². The lowest BCUT2D eigenvalue weighted by Crippen LogP contribution is -2.44. The van der Waals surface area contributed by atoms with Gasteiger partial charge >= 0.3 is 0 Å². The first-order valence-corrected chi connectivity index (χ1v) is 11.4. The van der Waals surface area contributed by atoms with E-state index in [1.165, 1.54) is 24.4 Å². The van der Waals surface area contributed by atoms with E-state index in [2.05, 4.69) is 10.6 Å². The molecule has 0 radical (unpaired) electrons. The summed E-state index contributed by atoms with van der Waals surface area (Å²) >= 11 is 0. The number of carbonyl (C=O) groups excluding carboxylic acids is 1. The van der Waals surface area contributed by atoms with Crippen molar-refractivity contribution in [3.63, 3.8) is 0 Å². The van der Waals surface area contributed by atoms with Crippen molar-refractivity contribution >= 4 is 23.5 Å². The highest BCUT2D eigenvalue weighted by molar-refractivity contribution is 5.88. The SMILES string of the molecule is Cc1ccc([C@@H](Oc2ccc(Nc3ccc(F)cc3)c(C=N)c2)C(C)NC(=O)C(C)(C)C)cc1F. The summed E-state index contributed by atoms with van der Waals surface area (Å²) in [6.07, 6.45) is 0.509. The van der Waals surface area contributed by atoms with Crippen LogP contribution in [-0.4, -0.2) is 18.2 Å². The standard InChI is InChI=1S/C28H31F2N3O2/c1-17-6-7-19(15-24(17)30)26(18(2)32-27(34)28(3,4)5)35-23-12-13-25(20(14-23)16-31)33-22-10-8-21(29)9-11-22/h6-16,18,26,31,33H,1-5H3,(H,32,34)/t18?,26-/m0/s1. The number of rotatable bonds is 8. The third-order valence-electron chi connectivity index (χ3n) is 5.58. The molecule has 184 valence electrons. The highest BCUT2D eigenvalue weighted by atomic mass is 19.1. The molecule has 0 aliphatic rings. The predicted molar refractivity (Wildman–Crippen MR) is 136 cm³/mol. The molecule has 3 aromatic carbocycles. The maximum atomic E-state index is 14.4. The molecule has 0 fully saturated rings. The molecule has 7 heteroatoms. The van der Waals surface area contributed by atoms with E-state index in [1.807, 2.05) is 27.7 Å². The third kappa shape index (κ3) is 6.66. The molecular weight excluding hydrogens is 448 g/mol. The van der Waals surface area contributed by atoms with Gasteiger partial charge in [-0.25, -0.2) is 8.78 Å². The quantitative estimate of drug-likeness (QED) is 0.315. The number of amides is 1. The summed E-state index contributed by atoms with van der Waals surface area (Å²) < 4.78 is 33.9. The van der Waals surface area contributed by atoms with Crippen LogP contribution in [0.5, 0.6) is 5.75 Å². The Labute approximate surface area is 205 Å². The summed E-state index contributed by atoms with van der Waals surface area (Å²) in [6, 6.07) is 15.5. The largest absolute Gasteiger partial charge is 0.484 e. The van der Waals surface area contributed by atoms with Gasteiger partial charge in [0.1, 0.15) is 23.5 Å². The fraction of sp³-hybridized carbons (Fsp3) is 0.286. The topological polar surface area (TPSA) is 74.2 Å². The maximum Gasteiger partial charge on any atom is 0.225 e. The van der Waals surface area contributed by atoms with E-state index in [0.717, 1.165) is 0 Å². The Bertz CT molecular complexity index is 1200. The van der Waals surface area contributed by atoms with Crippen LogP contribution in [0.25, 0.3) is 0 Å². The van der Waals surface area contributed by atoms with Gasteiger partial charge in [0.05, 0.1) is 6.04 Å². The van der Waals surface area contributed by atoms with Crippen LogP contribution < -0.4 is 15.4 Å². The molecule has 5 nitrogen and oxygen atoms in total. The first-order valence-electron chi connectivity index (χ1n) is 11.4. The lowest BCUT2D eigenvalue weighted by molar-refractivity contribution is -0.129. The van der Waals surface area contributed by atoms with E-state index in [4.69, 9.17) is 10.1 Å². The van der Waals surface area contributed by atoms with Crippen molar-refractivity contribution in [3.8, 4) is 5.75 Å². The van der Waals surface area contributed by atoms with Gasteiger partial charge in [-0.15, -0.1) is 0 Å². The van der Waals surface area contributed by atoms with Crippen LogP contribution in [0.1, 0.15) is 50.5 Å². The predicted octanol–water partition coefficient (Wildman–Crippen LogP) is 6.69. The molecule has 0 bridgehead atoms. The zero-order valence-corrected chi connectivity index (χ0v) is 20.6. The zero-order chi connectivity index (χ0) is 25.8. The number of hydrogen-bond donors (Lipinski definition) is 3. The van der Waals surface area contributed by atoms with E-state index >= 15 is 0 Å². The van der Waals surface area contributed by atoms with Crippen molar-refractivity contribution in [2.45, 2.75) is 46.8 Å². The molecule has 0 saturated heterocycles. The number of anilines is 2. The average molecular weight is 480 g/mol. The summed E-state index contributed by atoms with van der Waals surface area (Å²) in [5.74, 6) is -0.386. The summed E-state index contributed by atoms with van der Waals surface area (Å²) in [5.41, 5.74) is 2.37. The minimum Gasteiger partial charge on any atom is -0.484 e. The fourth-order valence-corrected chi connectivity index (χ4v) is 3.43. The molecule has 0 spiro atoms. The van der Waals surface area contributed by atoms with Gasteiger partial charge in [-0.2, -0.15) is 0 Å². The summed E-state index contributed by atoms with van der Waals surface area (Å²) in [7, 11) is 0. The monoisotopic (exact) mass is 479 g/mol. The fourth-order valence-electron chi connectivity index (χ4n) is 3.43. The molecule has 3 aromatic rings. The van der Waals surface area contributed by atoms with Gasteiger partial charge in [0.15, 0.2) is 0 Å². The Morgan fingerprint density at radius 2 is 1.71 bits per heavy atom. The highest BCUT2D eigenvalue weighted by Crippen LogP contribution is 2.30. The minimum absolute atomic E-state index is 0.148. The van der Waals surface area contributed by atoms with Crippen molar-refractivity contribution < 1.29 is 18.3 Å². The number of aryl methyl sites for hydroxylation is 1. The third-order valence-corrected chi connectivity index (χ3v) is 5.58. The summed E-state index contributed by atoms with van der Waals surface area (Å²) in [6.45, 7) is 8.95. The van der Waals surface area contributed by atoms with Crippen molar-refractivity contribution in [2.24, 2.45) is 5.41 Å². The number of benzene rings is 3. The van der Waals surface area contributed by atoms with Gasteiger partial charge < -0.3 is 20.8 Å². The van der Waals surface area contributed by atoms with Crippen LogP contribution in [0.4, 0.5) is 20.2 Å². The molecular formula is C28H31F2N3O2. The number of ether oxygens (including phenoxy) is 1. The van der Waals surface area contributed by atoms with E-state index in [-0.39, 0.29) is 17.5 Å². The van der Waals surface area contributed by atoms with Crippen molar-refractivity contribution in [1.29, 1.82) is 5.41 Å². The van der Waals surface area contributed by atoms with Gasteiger partial charge in [-0.05, 0) is 73.5 Å². The van der Waals surface area contributed by atoms with Gasteiger partial charge in [0.2, 0.25) is 5.91 Å². The van der Waals surface area contributed by atoms with Crippen LogP contribution in [0, 0.1) is 29.4 Å². The van der Waals surface area contributed by atoms with E-state index in [9.17, 15) is 13.6 Å². The van der Waals surface area contributed by atoms with Gasteiger partial charge in [0, 0.05) is 28.6 Å². The van der Waals surface area contributed by atoms with Crippen molar-refractivity contribution in [2.75, 3.05) is 5.32 Å². The van der Waals surface area contributed by atoms with Crippen LogP contribution in [0.3, 0.4) is 0 Å². The molecule has 0 aliphatic heterocycles. The molecule has 3 N–H and O–H groups in total. The van der Waals surface area contributed by atoms with E-state index < -0.39 is 17.6 Å². The molecule has 0 aromatic heterocycles. The Morgan fingerprint density at radius 1 is 1.03 bits per heavy atom. The second-order valence-corrected chi connectivity index (χ2v) is 9.58. The Balaban J connectivity index is 1.90. The molecule has 0 aliphatic carbocycles. The molecule has 0 saturated carbocycles. The smallest absolute Gasteiger partial charge is 0.225 e. The summed E-state index contributed by atoms with van der Waals surface area (Å²) in [5, 5.41) is 14.0. The molecule has 1 unspecified atom stereocenters. The number of nitrogens with one attached hydrogen (secondary N) is 3. The first kappa shape index (κ1) is 25.9. The van der Waals surface area contributed by atoms with Gasteiger partial charge in [-0.1, -0.05) is 32.9 Å². The first-order chi connectivity index (χ1) is 16.5. The van der Waals surface area contributed by atoms with Gasteiger partial charge in [0.25, 0.3) is 0 Å². The highest BCUT2D eigenvalue weighted by Gasteiger charge is 2.28. The summed E-state index contributed by atoms with van der Waals surface area (Å²) in [4.78, 5) is 12.6. The second-order valence-electron chi connectivity index (χ2n) is 9.58. The van der Waals surface area contributed by atoms with Crippen LogP contribution >= 0.6 is 0 Å². The van der Waals surface area contributed by atoms with Crippen molar-refractivity contribution in [3.05, 3.63) is 89.0 Å². The van der Waals surface area contributed by atoms with E-state index in [0.29, 0.717) is 33.8 Å². The lowest BCUT2D eigenvalue weighted by atomic mass is 9.94. The number of hydrogen-bond acceptors (Lipinski definition) is 4. The van der Waals surface area contributed by atoms with Gasteiger partial charge in [-0.3, -0.25) is 4.79 Å². The van der Waals surface area contributed by atoms with Crippen LogP contribution in [0.15, 0.2) is 60.7 Å². The molecule has 3 rings (SSSR count). The maximum absolute atomic E-state index is 14.4. The van der Waals surface area contributed by atoms with E-state index in [1.54, 1.807) is 49.4 Å². The molecule has 2 atom stereocenters. The second kappa shape index (κ2) is 10.7. The Kier molecular flexibility index (Phi) is 7.89. The zero-order valence-electron chi connectivity index (χ0n) is 20.6. The lowest BCUT2D eigenvalue weighted by Gasteiger charge is -2.29. The van der Waals surface area contributed by atoms with Crippen LogP contribution in [0.2, 0.25) is 0 Å². The number of carbonyl (C=O) groups is 1.